The third-order valence-electron chi connectivity index (χ3n) is 3.95. The van der Waals surface area contributed by atoms with Crippen LogP contribution in [0, 0.1) is 0 Å². The van der Waals surface area contributed by atoms with E-state index in [1.165, 1.54) is 11.3 Å². The van der Waals surface area contributed by atoms with Crippen LogP contribution in [0.1, 0.15) is 44.4 Å². The zero-order chi connectivity index (χ0) is 14.8. The lowest BCUT2D eigenvalue weighted by Crippen LogP contribution is -2.41. The van der Waals surface area contributed by atoms with Crippen LogP contribution in [-0.4, -0.2) is 38.2 Å². The molecule has 0 spiro atoms. The van der Waals surface area contributed by atoms with Crippen molar-refractivity contribution in [3.05, 3.63) is 5.89 Å². The molecule has 2 N–H and O–H groups in total. The summed E-state index contributed by atoms with van der Waals surface area (Å²) < 4.78 is 5.29. The molecule has 2 aliphatic rings. The molecule has 7 nitrogen and oxygen atoms in total. The summed E-state index contributed by atoms with van der Waals surface area (Å²) in [6.45, 7) is 0.166. The van der Waals surface area contributed by atoms with Gasteiger partial charge in [-0.3, -0.25) is 14.5 Å². The minimum Gasteiger partial charge on any atom is -0.415 e. The number of nitrogens with zero attached hydrogens (tertiary/aromatic N) is 3. The van der Waals surface area contributed by atoms with Gasteiger partial charge in [0.2, 0.25) is 17.7 Å². The maximum absolute atomic E-state index is 12.5. The minimum absolute atomic E-state index is 0.0756. The first-order valence-electron chi connectivity index (χ1n) is 7.24. The average Bonchev–Trinajstić information content (AvgIpc) is 3.05. The normalized spacial score (nSPS) is 24.0. The Kier molecular flexibility index (Phi) is 4.25. The maximum atomic E-state index is 12.5. The summed E-state index contributed by atoms with van der Waals surface area (Å²) in [6, 6.07) is 0.0756. The molecule has 8 heteroatoms. The first-order valence-corrected chi connectivity index (χ1v) is 8.12. The molecule has 1 aliphatic carbocycles. The molecular weight excluding hydrogens is 292 g/mol. The summed E-state index contributed by atoms with van der Waals surface area (Å²) in [4.78, 5) is 26.1. The van der Waals surface area contributed by atoms with E-state index in [2.05, 4.69) is 10.2 Å². The first-order chi connectivity index (χ1) is 10.2. The van der Waals surface area contributed by atoms with Crippen LogP contribution < -0.4 is 5.73 Å². The van der Waals surface area contributed by atoms with Crippen molar-refractivity contribution < 1.29 is 14.0 Å². The zero-order valence-electron chi connectivity index (χ0n) is 11.7. The van der Waals surface area contributed by atoms with Gasteiger partial charge in [-0.25, -0.2) is 0 Å². The molecule has 114 valence electrons. The Bertz CT molecular complexity index is 541. The number of carbonyl (C=O) groups excluding carboxylic acids is 2. The lowest BCUT2D eigenvalue weighted by molar-refractivity contribution is -0.141. The summed E-state index contributed by atoms with van der Waals surface area (Å²) in [5.74, 6) is 0.130. The van der Waals surface area contributed by atoms with Gasteiger partial charge in [0.1, 0.15) is 5.25 Å². The van der Waals surface area contributed by atoms with Crippen molar-refractivity contribution in [3.63, 3.8) is 0 Å². The van der Waals surface area contributed by atoms with Crippen molar-refractivity contribution >= 4 is 23.6 Å². The van der Waals surface area contributed by atoms with Crippen LogP contribution in [0.25, 0.3) is 0 Å². The van der Waals surface area contributed by atoms with Gasteiger partial charge in [-0.15, -0.1) is 10.2 Å². The number of imide groups is 1. The predicted molar refractivity (Wildman–Crippen MR) is 75.2 cm³/mol. The molecule has 1 saturated carbocycles. The Hall–Kier alpha value is -1.41. The van der Waals surface area contributed by atoms with Gasteiger partial charge in [-0.1, -0.05) is 31.0 Å². The van der Waals surface area contributed by atoms with Crippen molar-refractivity contribution in [2.75, 3.05) is 0 Å². The molecule has 1 saturated heterocycles. The Morgan fingerprint density at radius 1 is 1.24 bits per heavy atom. The lowest BCUT2D eigenvalue weighted by Gasteiger charge is -2.29. The van der Waals surface area contributed by atoms with E-state index in [1.807, 2.05) is 0 Å². The molecule has 2 fully saturated rings. The van der Waals surface area contributed by atoms with Crippen LogP contribution in [-0.2, 0) is 16.1 Å². The van der Waals surface area contributed by atoms with E-state index < -0.39 is 5.25 Å². The Labute approximate surface area is 126 Å². The number of rotatable bonds is 4. The fourth-order valence-corrected chi connectivity index (χ4v) is 3.84. The maximum Gasteiger partial charge on any atom is 0.277 e. The topological polar surface area (TPSA) is 102 Å². The number of likely N-dealkylation sites (tertiary alicyclic amines) is 1. The monoisotopic (exact) mass is 310 g/mol. The molecule has 0 aromatic carbocycles. The molecule has 1 atom stereocenters. The van der Waals surface area contributed by atoms with Crippen molar-refractivity contribution in [1.29, 1.82) is 0 Å². The minimum atomic E-state index is -0.453. The smallest absolute Gasteiger partial charge is 0.277 e. The second kappa shape index (κ2) is 6.15. The van der Waals surface area contributed by atoms with Crippen molar-refractivity contribution in [2.24, 2.45) is 5.73 Å². The molecule has 2 amide bonds. The average molecular weight is 310 g/mol. The van der Waals surface area contributed by atoms with E-state index in [-0.39, 0.29) is 30.8 Å². The van der Waals surface area contributed by atoms with Crippen LogP contribution in [0.3, 0.4) is 0 Å². The number of hydrogen-bond donors (Lipinski definition) is 1. The van der Waals surface area contributed by atoms with E-state index in [9.17, 15) is 9.59 Å². The van der Waals surface area contributed by atoms with Gasteiger partial charge in [0, 0.05) is 12.5 Å². The molecule has 2 heterocycles. The van der Waals surface area contributed by atoms with Crippen molar-refractivity contribution in [3.8, 4) is 0 Å². The third kappa shape index (κ3) is 2.96. The van der Waals surface area contributed by atoms with Crippen LogP contribution in [0.15, 0.2) is 9.64 Å². The highest BCUT2D eigenvalue weighted by atomic mass is 32.2. The van der Waals surface area contributed by atoms with Crippen molar-refractivity contribution in [1.82, 2.24) is 15.1 Å². The standard InChI is InChI=1S/C13H18N4O3S/c14-7-10-15-16-13(20-10)21-9-6-11(18)17(12(9)19)8-4-2-1-3-5-8/h8-9H,1-7,14H2. The number of carbonyl (C=O) groups is 2. The number of nitrogens with two attached hydrogens (primary N) is 1. The van der Waals surface area contributed by atoms with Gasteiger partial charge in [0.15, 0.2) is 0 Å². The highest BCUT2D eigenvalue weighted by Crippen LogP contribution is 2.34. The molecule has 1 unspecified atom stereocenters. The van der Waals surface area contributed by atoms with Gasteiger partial charge in [-0.05, 0) is 12.8 Å². The summed E-state index contributed by atoms with van der Waals surface area (Å²) in [6.07, 6.45) is 5.42. The molecule has 0 bridgehead atoms. The summed E-state index contributed by atoms with van der Waals surface area (Å²) >= 11 is 1.16. The Morgan fingerprint density at radius 3 is 2.67 bits per heavy atom. The molecule has 1 aromatic rings. The molecule has 0 radical (unpaired) electrons. The van der Waals surface area contributed by atoms with E-state index in [0.717, 1.165) is 37.4 Å². The fourth-order valence-electron chi connectivity index (χ4n) is 2.93. The number of hydrogen-bond acceptors (Lipinski definition) is 7. The highest BCUT2D eigenvalue weighted by molar-refractivity contribution is 8.00. The number of amides is 2. The van der Waals surface area contributed by atoms with Crippen LogP contribution in [0.5, 0.6) is 0 Å². The molecular formula is C13H18N4O3S. The van der Waals surface area contributed by atoms with E-state index in [4.69, 9.17) is 10.2 Å². The van der Waals surface area contributed by atoms with Gasteiger partial charge in [0.05, 0.1) is 6.54 Å². The van der Waals surface area contributed by atoms with Crippen LogP contribution >= 0.6 is 11.8 Å². The zero-order valence-corrected chi connectivity index (χ0v) is 12.5. The second-order valence-corrected chi connectivity index (χ2v) is 6.52. The Balaban J connectivity index is 1.67. The lowest BCUT2D eigenvalue weighted by atomic mass is 9.94. The summed E-state index contributed by atoms with van der Waals surface area (Å²) in [5, 5.41) is 7.43. The van der Waals surface area contributed by atoms with Gasteiger partial charge in [0.25, 0.3) is 5.22 Å². The van der Waals surface area contributed by atoms with Crippen LogP contribution in [0.2, 0.25) is 0 Å². The Morgan fingerprint density at radius 2 is 2.00 bits per heavy atom. The largest absolute Gasteiger partial charge is 0.415 e. The van der Waals surface area contributed by atoms with E-state index in [0.29, 0.717) is 11.1 Å². The van der Waals surface area contributed by atoms with E-state index in [1.54, 1.807) is 0 Å². The van der Waals surface area contributed by atoms with Gasteiger partial charge in [-0.2, -0.15) is 0 Å². The van der Waals surface area contributed by atoms with E-state index >= 15 is 0 Å². The van der Waals surface area contributed by atoms with Gasteiger partial charge >= 0.3 is 0 Å². The molecule has 21 heavy (non-hydrogen) atoms. The predicted octanol–water partition coefficient (Wildman–Crippen LogP) is 1.08. The molecule has 1 aromatic heterocycles. The second-order valence-electron chi connectivity index (χ2n) is 5.37. The summed E-state index contributed by atoms with van der Waals surface area (Å²) in [5.41, 5.74) is 5.41. The van der Waals surface area contributed by atoms with Gasteiger partial charge < -0.3 is 10.2 Å². The molecule has 3 rings (SSSR count). The number of aromatic nitrogens is 2. The SMILES string of the molecule is NCc1nnc(SC2CC(=O)N(C3CCCCC3)C2=O)o1. The highest BCUT2D eigenvalue weighted by Gasteiger charge is 2.43. The van der Waals surface area contributed by atoms with Crippen LogP contribution in [0.4, 0.5) is 0 Å². The number of thioether (sulfide) groups is 1. The summed E-state index contributed by atoms with van der Waals surface area (Å²) in [7, 11) is 0. The fraction of sp³-hybridized carbons (Fsp3) is 0.692. The quantitative estimate of drug-likeness (QED) is 0.830. The third-order valence-corrected chi connectivity index (χ3v) is 4.97. The molecule has 1 aliphatic heterocycles. The first kappa shape index (κ1) is 14.5. The van der Waals surface area contributed by atoms with Crippen molar-refractivity contribution in [2.45, 2.75) is 61.6 Å².